The van der Waals surface area contributed by atoms with Gasteiger partial charge < -0.3 is 19.9 Å². The van der Waals surface area contributed by atoms with Gasteiger partial charge in [0.05, 0.1) is 6.04 Å². The van der Waals surface area contributed by atoms with E-state index < -0.39 is 0 Å². The van der Waals surface area contributed by atoms with Gasteiger partial charge in [-0.1, -0.05) is 66.7 Å². The van der Waals surface area contributed by atoms with Crippen molar-refractivity contribution >= 4 is 11.6 Å². The first-order valence-electron chi connectivity index (χ1n) is 13.2. The average molecular weight is 484 g/mol. The maximum atomic E-state index is 14.0. The van der Waals surface area contributed by atoms with Crippen LogP contribution in [0.15, 0.2) is 78.9 Å². The third kappa shape index (κ3) is 6.08. The maximum Gasteiger partial charge on any atom is 0.223 e. The van der Waals surface area contributed by atoms with Crippen molar-refractivity contribution in [1.82, 2.24) is 9.80 Å². The fourth-order valence-electron chi connectivity index (χ4n) is 5.38. The molecule has 0 bridgehead atoms. The molecule has 0 radical (unpaired) electrons. The number of carbonyl (C=O) groups excluding carboxylic acids is 1. The van der Waals surface area contributed by atoms with E-state index in [1.54, 1.807) is 0 Å². The van der Waals surface area contributed by atoms with Gasteiger partial charge in [-0.2, -0.15) is 0 Å². The van der Waals surface area contributed by atoms with Crippen LogP contribution in [0.2, 0.25) is 0 Å². The van der Waals surface area contributed by atoms with Crippen LogP contribution in [-0.4, -0.2) is 48.5 Å². The Kier molecular flexibility index (Phi) is 7.87. The number of carbonyl (C=O) groups is 1. The predicted molar refractivity (Wildman–Crippen MR) is 145 cm³/mol. The average Bonchev–Trinajstić information content (AvgIpc) is 2.94. The molecular formula is C31H37N3O2. The summed E-state index contributed by atoms with van der Waals surface area (Å²) in [5.41, 5.74) is 4.56. The van der Waals surface area contributed by atoms with Gasteiger partial charge in [-0.15, -0.1) is 0 Å². The van der Waals surface area contributed by atoms with E-state index in [0.29, 0.717) is 32.0 Å². The lowest BCUT2D eigenvalue weighted by Crippen LogP contribution is -2.45. The molecule has 3 aromatic rings. The number of nitrogens with one attached hydrogen (secondary N) is 1. The minimum Gasteiger partial charge on any atom is -0.491 e. The molecule has 1 N–H and O–H groups in total. The first-order chi connectivity index (χ1) is 17.7. The number of fused-ring (bicyclic) bond motifs is 2. The van der Waals surface area contributed by atoms with Crippen LogP contribution >= 0.6 is 0 Å². The smallest absolute Gasteiger partial charge is 0.223 e. The summed E-state index contributed by atoms with van der Waals surface area (Å²) in [7, 11) is 2.17. The molecule has 2 aliphatic rings. The van der Waals surface area contributed by atoms with E-state index in [-0.39, 0.29) is 11.9 Å². The SMILES string of the molecule is CN1CCC(CC(=O)N2Cc3ccccc3NCc3ccccc3OC[C@@H]2Cc2ccccc2)CC1. The highest BCUT2D eigenvalue weighted by molar-refractivity contribution is 5.77. The number of benzene rings is 3. The van der Waals surface area contributed by atoms with Crippen molar-refractivity contribution in [3.63, 3.8) is 0 Å². The molecule has 1 fully saturated rings. The van der Waals surface area contributed by atoms with Gasteiger partial charge in [-0.3, -0.25) is 4.79 Å². The predicted octanol–water partition coefficient (Wildman–Crippen LogP) is 5.36. The van der Waals surface area contributed by atoms with Gasteiger partial charge in [0.1, 0.15) is 12.4 Å². The van der Waals surface area contributed by atoms with Gasteiger partial charge in [-0.25, -0.2) is 0 Å². The fraction of sp³-hybridized carbons (Fsp3) is 0.387. The second-order valence-corrected chi connectivity index (χ2v) is 10.2. The molecule has 2 heterocycles. The number of likely N-dealkylation sites (tertiary alicyclic amines) is 1. The molecule has 0 aliphatic carbocycles. The third-order valence-corrected chi connectivity index (χ3v) is 7.61. The Hall–Kier alpha value is -3.31. The van der Waals surface area contributed by atoms with Crippen molar-refractivity contribution in [2.24, 2.45) is 5.92 Å². The number of ether oxygens (including phenoxy) is 1. The van der Waals surface area contributed by atoms with Gasteiger partial charge in [0, 0.05) is 30.8 Å². The monoisotopic (exact) mass is 483 g/mol. The summed E-state index contributed by atoms with van der Waals surface area (Å²) in [5, 5.41) is 3.60. The molecule has 2 aliphatic heterocycles. The van der Waals surface area contributed by atoms with Crippen LogP contribution in [-0.2, 0) is 24.3 Å². The summed E-state index contributed by atoms with van der Waals surface area (Å²) in [4.78, 5) is 18.4. The van der Waals surface area contributed by atoms with Crippen LogP contribution in [0.1, 0.15) is 36.0 Å². The highest BCUT2D eigenvalue weighted by Gasteiger charge is 2.29. The fourth-order valence-corrected chi connectivity index (χ4v) is 5.38. The minimum absolute atomic E-state index is 0.0645. The van der Waals surface area contributed by atoms with Crippen LogP contribution in [0, 0.1) is 5.92 Å². The molecule has 0 saturated carbocycles. The zero-order valence-electron chi connectivity index (χ0n) is 21.2. The van der Waals surface area contributed by atoms with Crippen molar-refractivity contribution in [3.05, 3.63) is 95.6 Å². The number of nitrogens with zero attached hydrogens (tertiary/aromatic N) is 2. The molecule has 5 rings (SSSR count). The van der Waals surface area contributed by atoms with Crippen molar-refractivity contribution in [2.45, 2.75) is 44.8 Å². The van der Waals surface area contributed by atoms with E-state index in [1.807, 2.05) is 24.3 Å². The summed E-state index contributed by atoms with van der Waals surface area (Å²) in [6.07, 6.45) is 3.53. The van der Waals surface area contributed by atoms with Crippen LogP contribution in [0.5, 0.6) is 5.75 Å². The Balaban J connectivity index is 1.48. The maximum absolute atomic E-state index is 14.0. The molecule has 1 saturated heterocycles. The quantitative estimate of drug-likeness (QED) is 0.542. The zero-order chi connectivity index (χ0) is 24.7. The van der Waals surface area contributed by atoms with Crippen molar-refractivity contribution in [2.75, 3.05) is 32.1 Å². The normalized spacial score (nSPS) is 19.2. The number of para-hydroxylation sites is 2. The molecule has 36 heavy (non-hydrogen) atoms. The molecule has 0 aromatic heterocycles. The van der Waals surface area contributed by atoms with Crippen molar-refractivity contribution in [3.8, 4) is 5.75 Å². The lowest BCUT2D eigenvalue weighted by Gasteiger charge is -2.35. The Morgan fingerprint density at radius 1 is 0.917 bits per heavy atom. The first kappa shape index (κ1) is 24.4. The Morgan fingerprint density at radius 2 is 1.61 bits per heavy atom. The van der Waals surface area contributed by atoms with Gasteiger partial charge in [-0.05, 0) is 68.6 Å². The van der Waals surface area contributed by atoms with Crippen molar-refractivity contribution in [1.29, 1.82) is 0 Å². The molecule has 3 aromatic carbocycles. The molecule has 0 unspecified atom stereocenters. The zero-order valence-corrected chi connectivity index (χ0v) is 21.2. The Bertz CT molecular complexity index is 1140. The lowest BCUT2D eigenvalue weighted by molar-refractivity contribution is -0.136. The molecule has 5 nitrogen and oxygen atoms in total. The van der Waals surface area contributed by atoms with Crippen LogP contribution in [0.25, 0.3) is 0 Å². The number of hydrogen-bond acceptors (Lipinski definition) is 4. The number of hydrogen-bond donors (Lipinski definition) is 1. The summed E-state index contributed by atoms with van der Waals surface area (Å²) in [6.45, 7) is 3.86. The van der Waals surface area contributed by atoms with E-state index in [1.165, 1.54) is 5.56 Å². The van der Waals surface area contributed by atoms with E-state index in [4.69, 9.17) is 4.74 Å². The second-order valence-electron chi connectivity index (χ2n) is 10.2. The van der Waals surface area contributed by atoms with Gasteiger partial charge >= 0.3 is 0 Å². The number of anilines is 1. The summed E-state index contributed by atoms with van der Waals surface area (Å²) in [5.74, 6) is 1.56. The second kappa shape index (κ2) is 11.6. The largest absolute Gasteiger partial charge is 0.491 e. The lowest BCUT2D eigenvalue weighted by atomic mass is 9.92. The molecular weight excluding hydrogens is 446 g/mol. The number of piperidine rings is 1. The van der Waals surface area contributed by atoms with E-state index in [9.17, 15) is 4.79 Å². The summed E-state index contributed by atoms with van der Waals surface area (Å²) in [6, 6.07) is 27.0. The van der Waals surface area contributed by atoms with E-state index >= 15 is 0 Å². The molecule has 5 heteroatoms. The standard InChI is InChI=1S/C31H37N3O2/c1-33-17-15-25(16-18-33)20-31(35)34-22-27-12-5-7-13-29(27)32-21-26-11-6-8-14-30(26)36-23-28(34)19-24-9-3-2-4-10-24/h2-14,25,28,32H,15-23H2,1H3/t28-/m0/s1. The minimum atomic E-state index is -0.0645. The number of amides is 1. The number of rotatable bonds is 4. The molecule has 1 atom stereocenters. The Morgan fingerprint density at radius 3 is 2.42 bits per heavy atom. The van der Waals surface area contributed by atoms with Gasteiger partial charge in [0.2, 0.25) is 5.91 Å². The first-order valence-corrected chi connectivity index (χ1v) is 13.2. The van der Waals surface area contributed by atoms with Crippen molar-refractivity contribution < 1.29 is 9.53 Å². The molecule has 0 spiro atoms. The van der Waals surface area contributed by atoms with Crippen LogP contribution < -0.4 is 10.1 Å². The van der Waals surface area contributed by atoms with Crippen LogP contribution in [0.3, 0.4) is 0 Å². The van der Waals surface area contributed by atoms with Gasteiger partial charge in [0.25, 0.3) is 0 Å². The van der Waals surface area contributed by atoms with E-state index in [0.717, 1.165) is 54.9 Å². The van der Waals surface area contributed by atoms with E-state index in [2.05, 4.69) is 76.8 Å². The molecule has 188 valence electrons. The van der Waals surface area contributed by atoms with Crippen LogP contribution in [0.4, 0.5) is 5.69 Å². The summed E-state index contributed by atoms with van der Waals surface area (Å²) >= 11 is 0. The summed E-state index contributed by atoms with van der Waals surface area (Å²) < 4.78 is 6.45. The highest BCUT2D eigenvalue weighted by atomic mass is 16.5. The Labute approximate surface area is 215 Å². The van der Waals surface area contributed by atoms with Gasteiger partial charge in [0.15, 0.2) is 0 Å². The molecule has 1 amide bonds. The highest BCUT2D eigenvalue weighted by Crippen LogP contribution is 2.28. The topological polar surface area (TPSA) is 44.8 Å². The third-order valence-electron chi connectivity index (χ3n) is 7.61.